The van der Waals surface area contributed by atoms with E-state index in [4.69, 9.17) is 14.2 Å². The molecule has 0 radical (unpaired) electrons. The lowest BCUT2D eigenvalue weighted by molar-refractivity contribution is 0.0474. The molecule has 0 N–H and O–H groups in total. The zero-order chi connectivity index (χ0) is 16.9. The second-order valence-corrected chi connectivity index (χ2v) is 5.58. The Bertz CT molecular complexity index is 749. The number of carbonyl (C=O) groups is 2. The van der Waals surface area contributed by atoms with Crippen molar-refractivity contribution < 1.29 is 23.8 Å². The van der Waals surface area contributed by atoms with E-state index in [1.807, 2.05) is 19.1 Å². The van der Waals surface area contributed by atoms with Gasteiger partial charge in [0, 0.05) is 12.0 Å². The van der Waals surface area contributed by atoms with E-state index < -0.39 is 5.97 Å². The van der Waals surface area contributed by atoms with Crippen molar-refractivity contribution in [1.29, 1.82) is 0 Å². The van der Waals surface area contributed by atoms with E-state index in [0.29, 0.717) is 35.8 Å². The van der Waals surface area contributed by atoms with Gasteiger partial charge in [-0.2, -0.15) is 0 Å². The summed E-state index contributed by atoms with van der Waals surface area (Å²) in [4.78, 5) is 24.2. The van der Waals surface area contributed by atoms with Crippen molar-refractivity contribution in [1.82, 2.24) is 0 Å². The second kappa shape index (κ2) is 7.17. The first kappa shape index (κ1) is 16.1. The monoisotopic (exact) mass is 326 g/mol. The van der Waals surface area contributed by atoms with Crippen molar-refractivity contribution in [3.05, 3.63) is 59.2 Å². The fraction of sp³-hybridized carbons (Fsp3) is 0.263. The number of ether oxygens (including phenoxy) is 3. The van der Waals surface area contributed by atoms with Crippen molar-refractivity contribution in [3.8, 4) is 11.5 Å². The van der Waals surface area contributed by atoms with Crippen molar-refractivity contribution >= 4 is 11.8 Å². The first-order valence-electron chi connectivity index (χ1n) is 7.80. The predicted molar refractivity (Wildman–Crippen MR) is 87.8 cm³/mol. The SMILES string of the molecule is Cc1ccc(C(=O)OCC(=O)c2ccc3c(c2)OCCCO3)cc1. The summed E-state index contributed by atoms with van der Waals surface area (Å²) >= 11 is 0. The third kappa shape index (κ3) is 3.74. The zero-order valence-corrected chi connectivity index (χ0v) is 13.4. The Morgan fingerprint density at radius 1 is 0.958 bits per heavy atom. The highest BCUT2D eigenvalue weighted by Gasteiger charge is 2.16. The van der Waals surface area contributed by atoms with Crippen LogP contribution in [0.3, 0.4) is 0 Å². The van der Waals surface area contributed by atoms with Crippen molar-refractivity contribution in [2.75, 3.05) is 19.8 Å². The van der Waals surface area contributed by atoms with Crippen molar-refractivity contribution in [3.63, 3.8) is 0 Å². The molecule has 0 saturated carbocycles. The number of fused-ring (bicyclic) bond motifs is 1. The largest absolute Gasteiger partial charge is 0.490 e. The van der Waals surface area contributed by atoms with Crippen LogP contribution in [-0.4, -0.2) is 31.6 Å². The van der Waals surface area contributed by atoms with E-state index in [0.717, 1.165) is 12.0 Å². The summed E-state index contributed by atoms with van der Waals surface area (Å²) in [6, 6.07) is 12.0. The molecule has 5 heteroatoms. The van der Waals surface area contributed by atoms with Crippen molar-refractivity contribution in [2.45, 2.75) is 13.3 Å². The maximum absolute atomic E-state index is 12.2. The summed E-state index contributed by atoms with van der Waals surface area (Å²) in [5.74, 6) is 0.368. The zero-order valence-electron chi connectivity index (χ0n) is 13.4. The van der Waals surface area contributed by atoms with Crippen molar-refractivity contribution in [2.24, 2.45) is 0 Å². The van der Waals surface area contributed by atoms with Crippen LogP contribution in [0.5, 0.6) is 11.5 Å². The highest BCUT2D eigenvalue weighted by Crippen LogP contribution is 2.30. The molecule has 1 heterocycles. The summed E-state index contributed by atoms with van der Waals surface area (Å²) in [7, 11) is 0. The number of hydrogen-bond donors (Lipinski definition) is 0. The normalized spacial score (nSPS) is 13.0. The van der Waals surface area contributed by atoms with E-state index in [9.17, 15) is 9.59 Å². The molecule has 1 aliphatic rings. The molecule has 0 amide bonds. The van der Waals surface area contributed by atoms with Crippen LogP contribution in [0.25, 0.3) is 0 Å². The lowest BCUT2D eigenvalue weighted by Gasteiger charge is -2.09. The van der Waals surface area contributed by atoms with Gasteiger partial charge in [0.2, 0.25) is 0 Å². The second-order valence-electron chi connectivity index (χ2n) is 5.58. The minimum Gasteiger partial charge on any atom is -0.490 e. The molecule has 0 atom stereocenters. The number of hydrogen-bond acceptors (Lipinski definition) is 5. The number of ketones is 1. The molecule has 0 aromatic heterocycles. The molecule has 0 aliphatic carbocycles. The Morgan fingerprint density at radius 2 is 1.62 bits per heavy atom. The lowest BCUT2D eigenvalue weighted by atomic mass is 10.1. The molecule has 5 nitrogen and oxygen atoms in total. The van der Waals surface area contributed by atoms with E-state index in [1.54, 1.807) is 30.3 Å². The van der Waals surface area contributed by atoms with Crippen LogP contribution < -0.4 is 9.47 Å². The standard InChI is InChI=1S/C19H18O5/c1-13-3-5-14(6-4-13)19(21)24-12-16(20)15-7-8-17-18(11-15)23-10-2-9-22-17/h3-8,11H,2,9-10,12H2,1H3. The van der Waals surface area contributed by atoms with Crippen LogP contribution in [0, 0.1) is 6.92 Å². The third-order valence-corrected chi connectivity index (χ3v) is 3.69. The molecular formula is C19H18O5. The first-order chi connectivity index (χ1) is 11.6. The number of esters is 1. The molecule has 0 unspecified atom stereocenters. The van der Waals surface area contributed by atoms with Gasteiger partial charge in [0.15, 0.2) is 23.9 Å². The van der Waals surface area contributed by atoms with Gasteiger partial charge in [0.05, 0.1) is 18.8 Å². The summed E-state index contributed by atoms with van der Waals surface area (Å²) in [5.41, 5.74) is 1.90. The molecule has 124 valence electrons. The molecule has 2 aromatic carbocycles. The average molecular weight is 326 g/mol. The highest BCUT2D eigenvalue weighted by molar-refractivity contribution is 5.99. The summed E-state index contributed by atoms with van der Waals surface area (Å²) in [5, 5.41) is 0. The Labute approximate surface area is 140 Å². The van der Waals surface area contributed by atoms with Crippen LogP contribution >= 0.6 is 0 Å². The van der Waals surface area contributed by atoms with E-state index in [1.165, 1.54) is 0 Å². The van der Waals surface area contributed by atoms with Gasteiger partial charge in [-0.05, 0) is 37.3 Å². The molecule has 24 heavy (non-hydrogen) atoms. The third-order valence-electron chi connectivity index (χ3n) is 3.69. The minimum atomic E-state index is -0.516. The topological polar surface area (TPSA) is 61.8 Å². The minimum absolute atomic E-state index is 0.286. The predicted octanol–water partition coefficient (Wildman–Crippen LogP) is 3.20. The average Bonchev–Trinajstić information content (AvgIpc) is 2.84. The van der Waals surface area contributed by atoms with Gasteiger partial charge >= 0.3 is 5.97 Å². The Balaban J connectivity index is 1.63. The number of rotatable bonds is 4. The van der Waals surface area contributed by atoms with Crippen LogP contribution in [-0.2, 0) is 4.74 Å². The number of benzene rings is 2. The van der Waals surface area contributed by atoms with Gasteiger partial charge < -0.3 is 14.2 Å². The quantitative estimate of drug-likeness (QED) is 0.638. The molecule has 0 spiro atoms. The van der Waals surface area contributed by atoms with E-state index >= 15 is 0 Å². The molecular weight excluding hydrogens is 308 g/mol. The Kier molecular flexibility index (Phi) is 4.79. The maximum atomic E-state index is 12.2. The van der Waals surface area contributed by atoms with Gasteiger partial charge in [0.1, 0.15) is 0 Å². The van der Waals surface area contributed by atoms with Gasteiger partial charge in [-0.3, -0.25) is 4.79 Å². The summed E-state index contributed by atoms with van der Waals surface area (Å²) < 4.78 is 16.2. The fourth-order valence-electron chi connectivity index (χ4n) is 2.32. The molecule has 3 rings (SSSR count). The first-order valence-corrected chi connectivity index (χ1v) is 7.80. The molecule has 0 saturated heterocycles. The van der Waals surface area contributed by atoms with Crippen LogP contribution in [0.1, 0.15) is 32.7 Å². The van der Waals surface area contributed by atoms with Crippen LogP contribution in [0.2, 0.25) is 0 Å². The number of Topliss-reactive ketones (excluding diaryl/α,β-unsaturated/α-hetero) is 1. The summed E-state index contributed by atoms with van der Waals surface area (Å²) in [6.07, 6.45) is 0.798. The van der Waals surface area contributed by atoms with Crippen LogP contribution in [0.4, 0.5) is 0 Å². The van der Waals surface area contributed by atoms with Crippen LogP contribution in [0.15, 0.2) is 42.5 Å². The molecule has 0 bridgehead atoms. The van der Waals surface area contributed by atoms with Gasteiger partial charge in [-0.25, -0.2) is 4.79 Å². The van der Waals surface area contributed by atoms with E-state index in [-0.39, 0.29) is 12.4 Å². The lowest BCUT2D eigenvalue weighted by Crippen LogP contribution is -2.14. The molecule has 0 fully saturated rings. The Morgan fingerprint density at radius 3 is 2.38 bits per heavy atom. The van der Waals surface area contributed by atoms with Gasteiger partial charge in [-0.1, -0.05) is 17.7 Å². The smallest absolute Gasteiger partial charge is 0.338 e. The van der Waals surface area contributed by atoms with Gasteiger partial charge in [0.25, 0.3) is 0 Å². The highest BCUT2D eigenvalue weighted by atomic mass is 16.5. The number of carbonyl (C=O) groups excluding carboxylic acids is 2. The fourth-order valence-corrected chi connectivity index (χ4v) is 2.32. The molecule has 2 aromatic rings. The van der Waals surface area contributed by atoms with Gasteiger partial charge in [-0.15, -0.1) is 0 Å². The maximum Gasteiger partial charge on any atom is 0.338 e. The Hall–Kier alpha value is -2.82. The number of aryl methyl sites for hydroxylation is 1. The summed E-state index contributed by atoms with van der Waals surface area (Å²) in [6.45, 7) is 2.76. The van der Waals surface area contributed by atoms with E-state index in [2.05, 4.69) is 0 Å². The molecule has 1 aliphatic heterocycles.